The second kappa shape index (κ2) is 3.80. The summed E-state index contributed by atoms with van der Waals surface area (Å²) in [6, 6.07) is 5.43. The maximum atomic E-state index is 11.9. The SMILES string of the molecule is CC1(C)C(n2c(N)nc3c(S(C)(=O)=O)cccc32)C1(C)C. The third-order valence-electron chi connectivity index (χ3n) is 5.31. The predicted octanol–water partition coefficient (Wildman–Crippen LogP) is 2.63. The molecule has 0 radical (unpaired) electrons. The van der Waals surface area contributed by atoms with Crippen LogP contribution >= 0.6 is 0 Å². The molecule has 1 aromatic carbocycles. The van der Waals surface area contributed by atoms with Gasteiger partial charge in [-0.3, -0.25) is 0 Å². The van der Waals surface area contributed by atoms with E-state index in [-0.39, 0.29) is 21.8 Å². The fourth-order valence-corrected chi connectivity index (χ4v) is 4.31. The van der Waals surface area contributed by atoms with Crippen LogP contribution in [0, 0.1) is 10.8 Å². The van der Waals surface area contributed by atoms with Gasteiger partial charge in [0.05, 0.1) is 10.4 Å². The van der Waals surface area contributed by atoms with Gasteiger partial charge in [-0.1, -0.05) is 33.8 Å². The van der Waals surface area contributed by atoms with E-state index in [1.165, 1.54) is 6.26 Å². The monoisotopic (exact) mass is 307 g/mol. The number of rotatable bonds is 2. The van der Waals surface area contributed by atoms with E-state index in [0.29, 0.717) is 11.5 Å². The molecular formula is C15H21N3O2S. The number of nitrogens with zero attached hydrogens (tertiary/aromatic N) is 2. The van der Waals surface area contributed by atoms with Gasteiger partial charge < -0.3 is 10.3 Å². The number of aromatic nitrogens is 2. The summed E-state index contributed by atoms with van der Waals surface area (Å²) in [6.45, 7) is 8.79. The molecule has 0 aliphatic heterocycles. The number of imidazole rings is 1. The van der Waals surface area contributed by atoms with Crippen molar-refractivity contribution in [3.63, 3.8) is 0 Å². The molecule has 114 valence electrons. The maximum absolute atomic E-state index is 11.9. The third-order valence-corrected chi connectivity index (χ3v) is 6.44. The van der Waals surface area contributed by atoms with E-state index in [1.807, 2.05) is 10.6 Å². The van der Waals surface area contributed by atoms with E-state index in [2.05, 4.69) is 32.7 Å². The zero-order chi connectivity index (χ0) is 15.8. The third kappa shape index (κ3) is 1.75. The number of para-hydroxylation sites is 1. The van der Waals surface area contributed by atoms with Crippen LogP contribution < -0.4 is 5.73 Å². The first-order chi connectivity index (χ1) is 9.49. The van der Waals surface area contributed by atoms with E-state index in [9.17, 15) is 8.42 Å². The summed E-state index contributed by atoms with van der Waals surface area (Å²) in [6.07, 6.45) is 1.20. The van der Waals surface area contributed by atoms with E-state index in [0.717, 1.165) is 5.52 Å². The largest absolute Gasteiger partial charge is 0.369 e. The summed E-state index contributed by atoms with van der Waals surface area (Å²) in [5.74, 6) is 0.379. The van der Waals surface area contributed by atoms with Crippen molar-refractivity contribution >= 4 is 26.8 Å². The highest BCUT2D eigenvalue weighted by Crippen LogP contribution is 2.72. The van der Waals surface area contributed by atoms with Crippen LogP contribution in [0.15, 0.2) is 23.1 Å². The van der Waals surface area contributed by atoms with E-state index >= 15 is 0 Å². The number of benzene rings is 1. The lowest BCUT2D eigenvalue weighted by molar-refractivity contribution is 0.457. The number of sulfone groups is 1. The number of anilines is 1. The fourth-order valence-electron chi connectivity index (χ4n) is 3.49. The molecule has 1 heterocycles. The Labute approximate surface area is 125 Å². The highest BCUT2D eigenvalue weighted by atomic mass is 32.2. The summed E-state index contributed by atoms with van der Waals surface area (Å²) < 4.78 is 25.8. The molecule has 3 rings (SSSR count). The van der Waals surface area contributed by atoms with Crippen LogP contribution in [-0.2, 0) is 9.84 Å². The molecule has 2 aromatic rings. The quantitative estimate of drug-likeness (QED) is 0.925. The maximum Gasteiger partial charge on any atom is 0.201 e. The first kappa shape index (κ1) is 14.4. The standard InChI is InChI=1S/C15H21N3O2S/c1-14(2)12(15(14,3)4)18-9-7-6-8-10(21(5,19)20)11(9)17-13(18)16/h6-8,12H,1-5H3,(H2,16,17). The minimum Gasteiger partial charge on any atom is -0.369 e. The van der Waals surface area contributed by atoms with Crippen molar-refractivity contribution in [3.8, 4) is 0 Å². The average Bonchev–Trinajstić information content (AvgIpc) is 2.62. The Morgan fingerprint density at radius 2 is 1.76 bits per heavy atom. The molecule has 0 saturated heterocycles. The van der Waals surface area contributed by atoms with Crippen molar-refractivity contribution in [2.75, 3.05) is 12.0 Å². The van der Waals surface area contributed by atoms with Gasteiger partial charge in [0.2, 0.25) is 5.95 Å². The molecule has 0 amide bonds. The van der Waals surface area contributed by atoms with Crippen LogP contribution in [0.4, 0.5) is 5.95 Å². The van der Waals surface area contributed by atoms with E-state index in [4.69, 9.17) is 5.73 Å². The van der Waals surface area contributed by atoms with Crippen LogP contribution in [0.25, 0.3) is 11.0 Å². The fraction of sp³-hybridized carbons (Fsp3) is 0.533. The van der Waals surface area contributed by atoms with Crippen LogP contribution in [0.1, 0.15) is 33.7 Å². The Kier molecular flexibility index (Phi) is 2.60. The van der Waals surface area contributed by atoms with Gasteiger partial charge in [-0.25, -0.2) is 13.4 Å². The number of hydrogen-bond donors (Lipinski definition) is 1. The first-order valence-electron chi connectivity index (χ1n) is 6.96. The molecule has 1 fully saturated rings. The van der Waals surface area contributed by atoms with Crippen molar-refractivity contribution in [2.45, 2.75) is 38.6 Å². The molecule has 0 spiro atoms. The van der Waals surface area contributed by atoms with Crippen LogP contribution in [0.5, 0.6) is 0 Å². The van der Waals surface area contributed by atoms with E-state index in [1.54, 1.807) is 12.1 Å². The molecule has 1 saturated carbocycles. The summed E-state index contributed by atoms with van der Waals surface area (Å²) >= 11 is 0. The van der Waals surface area contributed by atoms with Crippen molar-refractivity contribution in [1.82, 2.24) is 9.55 Å². The number of nitrogen functional groups attached to an aromatic ring is 1. The van der Waals surface area contributed by atoms with Crippen LogP contribution in [0.3, 0.4) is 0 Å². The lowest BCUT2D eigenvalue weighted by Crippen LogP contribution is -2.05. The zero-order valence-electron chi connectivity index (χ0n) is 13.0. The molecular weight excluding hydrogens is 286 g/mol. The number of hydrogen-bond acceptors (Lipinski definition) is 4. The molecule has 0 bridgehead atoms. The van der Waals surface area contributed by atoms with Crippen LogP contribution in [-0.4, -0.2) is 24.2 Å². The Morgan fingerprint density at radius 3 is 2.24 bits per heavy atom. The molecule has 6 heteroatoms. The minimum absolute atomic E-state index is 0.0931. The van der Waals surface area contributed by atoms with Gasteiger partial charge in [0.15, 0.2) is 9.84 Å². The Morgan fingerprint density at radius 1 is 1.19 bits per heavy atom. The minimum atomic E-state index is -3.33. The van der Waals surface area contributed by atoms with Crippen molar-refractivity contribution in [3.05, 3.63) is 18.2 Å². The summed E-state index contributed by atoms with van der Waals surface area (Å²) in [4.78, 5) is 4.57. The molecule has 0 atom stereocenters. The Bertz CT molecular complexity index is 833. The van der Waals surface area contributed by atoms with Crippen molar-refractivity contribution in [2.24, 2.45) is 10.8 Å². The molecule has 21 heavy (non-hydrogen) atoms. The molecule has 1 aromatic heterocycles. The van der Waals surface area contributed by atoms with Gasteiger partial charge in [-0.05, 0) is 23.0 Å². The van der Waals surface area contributed by atoms with Gasteiger partial charge in [-0.15, -0.1) is 0 Å². The van der Waals surface area contributed by atoms with Gasteiger partial charge in [0.1, 0.15) is 5.52 Å². The predicted molar refractivity (Wildman–Crippen MR) is 83.9 cm³/mol. The smallest absolute Gasteiger partial charge is 0.201 e. The summed E-state index contributed by atoms with van der Waals surface area (Å²) in [7, 11) is -3.33. The highest BCUT2D eigenvalue weighted by Gasteiger charge is 2.66. The summed E-state index contributed by atoms with van der Waals surface area (Å²) in [5, 5.41) is 0. The lowest BCUT2D eigenvalue weighted by atomic mass is 10.0. The Balaban J connectivity index is 2.31. The first-order valence-corrected chi connectivity index (χ1v) is 8.85. The van der Waals surface area contributed by atoms with Gasteiger partial charge in [-0.2, -0.15) is 0 Å². The summed E-state index contributed by atoms with van der Waals surface area (Å²) in [5.41, 5.74) is 7.55. The van der Waals surface area contributed by atoms with Gasteiger partial charge in [0.25, 0.3) is 0 Å². The zero-order valence-corrected chi connectivity index (χ0v) is 13.8. The van der Waals surface area contributed by atoms with E-state index < -0.39 is 9.84 Å². The molecule has 1 aliphatic rings. The average molecular weight is 307 g/mol. The normalized spacial score (nSPS) is 20.8. The van der Waals surface area contributed by atoms with Gasteiger partial charge in [0, 0.05) is 12.3 Å². The topological polar surface area (TPSA) is 78.0 Å². The Hall–Kier alpha value is -1.56. The molecule has 0 unspecified atom stereocenters. The van der Waals surface area contributed by atoms with Crippen molar-refractivity contribution in [1.29, 1.82) is 0 Å². The molecule has 5 nitrogen and oxygen atoms in total. The number of nitrogens with two attached hydrogens (primary N) is 1. The second-order valence-electron chi connectivity index (χ2n) is 7.08. The lowest BCUT2D eigenvalue weighted by Gasteiger charge is -2.09. The molecule has 2 N–H and O–H groups in total. The number of fused-ring (bicyclic) bond motifs is 1. The van der Waals surface area contributed by atoms with Gasteiger partial charge >= 0.3 is 0 Å². The second-order valence-corrected chi connectivity index (χ2v) is 9.07. The highest BCUT2D eigenvalue weighted by molar-refractivity contribution is 7.91. The van der Waals surface area contributed by atoms with Crippen molar-refractivity contribution < 1.29 is 8.42 Å². The van der Waals surface area contributed by atoms with Crippen LogP contribution in [0.2, 0.25) is 0 Å². The molecule has 1 aliphatic carbocycles.